The smallest absolute Gasteiger partial charge is 0.239 e. The molecule has 0 heterocycles. The van der Waals surface area contributed by atoms with Crippen LogP contribution < -0.4 is 0 Å². The van der Waals surface area contributed by atoms with Crippen LogP contribution in [0.4, 0.5) is 0 Å². The Balaban J connectivity index is 2.59. The van der Waals surface area contributed by atoms with Crippen molar-refractivity contribution in [2.45, 2.75) is 33.6 Å². The zero-order valence-corrected chi connectivity index (χ0v) is 12.2. The fourth-order valence-corrected chi connectivity index (χ4v) is 1.95. The molecular formula is C16H22N2O. The van der Waals surface area contributed by atoms with E-state index in [1.807, 2.05) is 6.92 Å². The Morgan fingerprint density at radius 1 is 1.37 bits per heavy atom. The lowest BCUT2D eigenvalue weighted by molar-refractivity contribution is -0.132. The maximum Gasteiger partial charge on any atom is 0.239 e. The van der Waals surface area contributed by atoms with Crippen LogP contribution >= 0.6 is 0 Å². The Morgan fingerprint density at radius 3 is 2.58 bits per heavy atom. The summed E-state index contributed by atoms with van der Waals surface area (Å²) in [5.41, 5.74) is 3.78. The molecule has 102 valence electrons. The highest BCUT2D eigenvalue weighted by molar-refractivity contribution is 5.80. The van der Waals surface area contributed by atoms with Gasteiger partial charge in [-0.3, -0.25) is 4.79 Å². The molecule has 0 fully saturated rings. The standard InChI is InChI=1S/C16H22N2O/c1-5-15(11-17)16(19)18(4)9-8-14-7-6-12(2)13(3)10-14/h6-7,10,15H,5,8-9H2,1-4H3. The van der Waals surface area contributed by atoms with E-state index in [4.69, 9.17) is 5.26 Å². The number of aryl methyl sites for hydroxylation is 2. The third kappa shape index (κ3) is 4.10. The highest BCUT2D eigenvalue weighted by Crippen LogP contribution is 2.11. The molecule has 1 unspecified atom stereocenters. The van der Waals surface area contributed by atoms with Crippen LogP contribution in [0.25, 0.3) is 0 Å². The third-order valence-corrected chi connectivity index (χ3v) is 3.55. The molecule has 1 aromatic rings. The number of likely N-dealkylation sites (N-methyl/N-ethyl adjacent to an activating group) is 1. The molecule has 0 bridgehead atoms. The van der Waals surface area contributed by atoms with Crippen molar-refractivity contribution in [1.29, 1.82) is 5.26 Å². The van der Waals surface area contributed by atoms with Gasteiger partial charge in [-0.2, -0.15) is 5.26 Å². The number of hydrogen-bond acceptors (Lipinski definition) is 2. The lowest BCUT2D eigenvalue weighted by atomic mass is 10.0. The molecule has 0 aromatic heterocycles. The Kier molecular flexibility index (Phi) is 5.57. The first-order valence-electron chi connectivity index (χ1n) is 6.70. The third-order valence-electron chi connectivity index (χ3n) is 3.55. The van der Waals surface area contributed by atoms with Gasteiger partial charge in [0.15, 0.2) is 0 Å². The Labute approximate surface area is 115 Å². The van der Waals surface area contributed by atoms with Gasteiger partial charge in [0, 0.05) is 13.6 Å². The molecule has 1 rings (SSSR count). The highest BCUT2D eigenvalue weighted by Gasteiger charge is 2.19. The molecule has 1 aromatic carbocycles. The fraction of sp³-hybridized carbons (Fsp3) is 0.500. The van der Waals surface area contributed by atoms with Crippen LogP contribution in [0.5, 0.6) is 0 Å². The molecule has 1 atom stereocenters. The average molecular weight is 258 g/mol. The zero-order valence-electron chi connectivity index (χ0n) is 12.2. The number of carbonyl (C=O) groups is 1. The zero-order chi connectivity index (χ0) is 14.4. The summed E-state index contributed by atoms with van der Waals surface area (Å²) in [6.07, 6.45) is 1.40. The van der Waals surface area contributed by atoms with Gasteiger partial charge in [-0.1, -0.05) is 25.1 Å². The van der Waals surface area contributed by atoms with Crippen LogP contribution in [0.15, 0.2) is 18.2 Å². The molecule has 0 radical (unpaired) electrons. The number of nitriles is 1. The first-order chi connectivity index (χ1) is 8.99. The molecule has 3 heteroatoms. The minimum Gasteiger partial charge on any atom is -0.344 e. The lowest BCUT2D eigenvalue weighted by Gasteiger charge is -2.19. The van der Waals surface area contributed by atoms with Gasteiger partial charge in [-0.25, -0.2) is 0 Å². The summed E-state index contributed by atoms with van der Waals surface area (Å²) in [6, 6.07) is 8.43. The Morgan fingerprint density at radius 2 is 2.05 bits per heavy atom. The second-order valence-electron chi connectivity index (χ2n) is 5.02. The summed E-state index contributed by atoms with van der Waals surface area (Å²) in [5.74, 6) is -0.585. The van der Waals surface area contributed by atoms with E-state index >= 15 is 0 Å². The van der Waals surface area contributed by atoms with Crippen molar-refractivity contribution in [3.63, 3.8) is 0 Å². The normalized spacial score (nSPS) is 11.7. The summed E-state index contributed by atoms with van der Waals surface area (Å²) in [6.45, 7) is 6.70. The molecule has 0 aliphatic carbocycles. The van der Waals surface area contributed by atoms with Crippen LogP contribution in [0.1, 0.15) is 30.0 Å². The second-order valence-corrected chi connectivity index (χ2v) is 5.02. The first-order valence-corrected chi connectivity index (χ1v) is 6.70. The maximum absolute atomic E-state index is 12.0. The van der Waals surface area contributed by atoms with Gasteiger partial charge >= 0.3 is 0 Å². The van der Waals surface area contributed by atoms with Crippen molar-refractivity contribution >= 4 is 5.91 Å². The van der Waals surface area contributed by atoms with Crippen molar-refractivity contribution < 1.29 is 4.79 Å². The van der Waals surface area contributed by atoms with Crippen LogP contribution in [0, 0.1) is 31.1 Å². The molecule has 3 nitrogen and oxygen atoms in total. The molecule has 0 saturated carbocycles. The number of rotatable bonds is 5. The number of nitrogens with zero attached hydrogens (tertiary/aromatic N) is 2. The van der Waals surface area contributed by atoms with Gasteiger partial charge in [0.05, 0.1) is 6.07 Å². The van der Waals surface area contributed by atoms with E-state index in [0.717, 1.165) is 6.42 Å². The van der Waals surface area contributed by atoms with E-state index in [1.54, 1.807) is 11.9 Å². The average Bonchev–Trinajstić information content (AvgIpc) is 2.41. The van der Waals surface area contributed by atoms with Crippen molar-refractivity contribution in [3.8, 4) is 6.07 Å². The minimum absolute atomic E-state index is 0.0752. The van der Waals surface area contributed by atoms with E-state index in [2.05, 4.69) is 38.1 Å². The van der Waals surface area contributed by atoms with E-state index < -0.39 is 5.92 Å². The largest absolute Gasteiger partial charge is 0.344 e. The molecule has 1 amide bonds. The summed E-state index contributed by atoms with van der Waals surface area (Å²) in [5, 5.41) is 8.90. The maximum atomic E-state index is 12.0. The van der Waals surface area contributed by atoms with Gasteiger partial charge in [-0.15, -0.1) is 0 Å². The minimum atomic E-state index is -0.509. The molecular weight excluding hydrogens is 236 g/mol. The number of carbonyl (C=O) groups excluding carboxylic acids is 1. The molecule has 0 saturated heterocycles. The predicted molar refractivity (Wildman–Crippen MR) is 76.7 cm³/mol. The van der Waals surface area contributed by atoms with E-state index in [9.17, 15) is 4.79 Å². The first kappa shape index (κ1) is 15.2. The van der Waals surface area contributed by atoms with E-state index in [0.29, 0.717) is 13.0 Å². The predicted octanol–water partition coefficient (Wildman–Crippen LogP) is 2.85. The van der Waals surface area contributed by atoms with Crippen LogP contribution in [-0.4, -0.2) is 24.4 Å². The molecule has 0 aliphatic heterocycles. The van der Waals surface area contributed by atoms with Crippen LogP contribution in [0.2, 0.25) is 0 Å². The number of benzene rings is 1. The molecule has 0 aliphatic rings. The summed E-state index contributed by atoms with van der Waals surface area (Å²) < 4.78 is 0. The second kappa shape index (κ2) is 6.94. The monoisotopic (exact) mass is 258 g/mol. The van der Waals surface area contributed by atoms with Gasteiger partial charge in [0.25, 0.3) is 0 Å². The quantitative estimate of drug-likeness (QED) is 0.815. The van der Waals surface area contributed by atoms with Gasteiger partial charge in [0.2, 0.25) is 5.91 Å². The SMILES string of the molecule is CCC(C#N)C(=O)N(C)CCc1ccc(C)c(C)c1. The van der Waals surface area contributed by atoms with Gasteiger partial charge in [-0.05, 0) is 43.4 Å². The highest BCUT2D eigenvalue weighted by atomic mass is 16.2. The lowest BCUT2D eigenvalue weighted by Crippen LogP contribution is -2.33. The van der Waals surface area contributed by atoms with E-state index in [1.165, 1.54) is 16.7 Å². The Hall–Kier alpha value is -1.82. The fourth-order valence-electron chi connectivity index (χ4n) is 1.95. The van der Waals surface area contributed by atoms with Crippen molar-refractivity contribution in [2.75, 3.05) is 13.6 Å². The molecule has 0 spiro atoms. The topological polar surface area (TPSA) is 44.1 Å². The van der Waals surface area contributed by atoms with Crippen molar-refractivity contribution in [2.24, 2.45) is 5.92 Å². The summed E-state index contributed by atoms with van der Waals surface area (Å²) in [7, 11) is 1.77. The van der Waals surface area contributed by atoms with Gasteiger partial charge in [0.1, 0.15) is 5.92 Å². The van der Waals surface area contributed by atoms with Crippen molar-refractivity contribution in [1.82, 2.24) is 4.90 Å². The molecule has 19 heavy (non-hydrogen) atoms. The number of amides is 1. The molecule has 0 N–H and O–H groups in total. The van der Waals surface area contributed by atoms with E-state index in [-0.39, 0.29) is 5.91 Å². The van der Waals surface area contributed by atoms with Crippen LogP contribution in [0.3, 0.4) is 0 Å². The van der Waals surface area contributed by atoms with Crippen LogP contribution in [-0.2, 0) is 11.2 Å². The number of hydrogen-bond donors (Lipinski definition) is 0. The summed E-state index contributed by atoms with van der Waals surface area (Å²) >= 11 is 0. The van der Waals surface area contributed by atoms with Gasteiger partial charge < -0.3 is 4.90 Å². The Bertz CT molecular complexity index is 488. The van der Waals surface area contributed by atoms with Crippen molar-refractivity contribution in [3.05, 3.63) is 34.9 Å². The summed E-state index contributed by atoms with van der Waals surface area (Å²) in [4.78, 5) is 13.6.